The van der Waals surface area contributed by atoms with Gasteiger partial charge in [0.25, 0.3) is 11.5 Å². The molecule has 36 heavy (non-hydrogen) atoms. The molecule has 1 amide bonds. The lowest BCUT2D eigenvalue weighted by Gasteiger charge is -2.14. The molecule has 1 aliphatic carbocycles. The number of amides is 1. The van der Waals surface area contributed by atoms with Crippen LogP contribution in [0.3, 0.4) is 0 Å². The fourth-order valence-electron chi connectivity index (χ4n) is 4.74. The van der Waals surface area contributed by atoms with Crippen molar-refractivity contribution in [3.05, 3.63) is 94.2 Å². The molecule has 0 spiro atoms. The van der Waals surface area contributed by atoms with E-state index >= 15 is 0 Å². The summed E-state index contributed by atoms with van der Waals surface area (Å²) in [5.74, 6) is -0.773. The van der Waals surface area contributed by atoms with Crippen molar-refractivity contribution in [1.29, 1.82) is 0 Å². The third-order valence-electron chi connectivity index (χ3n) is 6.74. The van der Waals surface area contributed by atoms with Gasteiger partial charge in [0.05, 0.1) is 28.0 Å². The molecule has 3 heterocycles. The van der Waals surface area contributed by atoms with Gasteiger partial charge < -0.3 is 14.0 Å². The van der Waals surface area contributed by atoms with Crippen LogP contribution in [-0.4, -0.2) is 29.1 Å². The molecular formula is C27H23N3O5S. The van der Waals surface area contributed by atoms with Gasteiger partial charge >= 0.3 is 0 Å². The number of carbonyl (C=O) groups is 1. The molecule has 0 saturated heterocycles. The highest BCUT2D eigenvalue weighted by Gasteiger charge is 2.38. The first-order valence-corrected chi connectivity index (χ1v) is 13.2. The fourth-order valence-corrected chi connectivity index (χ4v) is 6.02. The number of aromatic amines is 1. The Morgan fingerprint density at radius 3 is 2.67 bits per heavy atom. The van der Waals surface area contributed by atoms with Gasteiger partial charge in [0.1, 0.15) is 11.3 Å². The van der Waals surface area contributed by atoms with Crippen molar-refractivity contribution in [2.75, 3.05) is 0 Å². The molecule has 8 nitrogen and oxygen atoms in total. The van der Waals surface area contributed by atoms with Crippen LogP contribution in [0.2, 0.25) is 0 Å². The Balaban J connectivity index is 1.70. The Bertz CT molecular complexity index is 1820. The van der Waals surface area contributed by atoms with Gasteiger partial charge in [0.2, 0.25) is 10.0 Å². The van der Waals surface area contributed by atoms with Gasteiger partial charge in [0, 0.05) is 23.7 Å². The zero-order valence-electron chi connectivity index (χ0n) is 19.4. The lowest BCUT2D eigenvalue weighted by molar-refractivity contribution is 0.0974. The normalized spacial score (nSPS) is 13.9. The largest absolute Gasteiger partial charge is 0.464 e. The minimum atomic E-state index is -3.83. The molecule has 0 atom stereocenters. The van der Waals surface area contributed by atoms with E-state index in [1.54, 1.807) is 23.0 Å². The molecule has 182 valence electrons. The van der Waals surface area contributed by atoms with Crippen LogP contribution in [0.15, 0.2) is 76.3 Å². The molecule has 5 aromatic rings. The summed E-state index contributed by atoms with van der Waals surface area (Å²) in [6.07, 6.45) is 4.11. The third kappa shape index (κ3) is 3.63. The molecule has 6 rings (SSSR count). The van der Waals surface area contributed by atoms with E-state index < -0.39 is 26.7 Å². The van der Waals surface area contributed by atoms with Gasteiger partial charge in [0.15, 0.2) is 0 Å². The Kier molecular flexibility index (Phi) is 5.11. The van der Waals surface area contributed by atoms with Gasteiger partial charge in [-0.25, -0.2) is 13.1 Å². The summed E-state index contributed by atoms with van der Waals surface area (Å²) in [4.78, 5) is 29.4. The lowest BCUT2D eigenvalue weighted by atomic mass is 10.0. The Hall–Kier alpha value is -4.11. The van der Waals surface area contributed by atoms with Gasteiger partial charge in [-0.1, -0.05) is 24.3 Å². The van der Waals surface area contributed by atoms with E-state index in [4.69, 9.17) is 4.42 Å². The second kappa shape index (κ2) is 8.23. The van der Waals surface area contributed by atoms with E-state index in [0.717, 1.165) is 16.5 Å². The first kappa shape index (κ1) is 22.4. The number of carbonyl (C=O) groups excluding carboxylic acids is 1. The molecular weight excluding hydrogens is 478 g/mol. The molecule has 0 aliphatic heterocycles. The number of aryl methyl sites for hydroxylation is 1. The van der Waals surface area contributed by atoms with Crippen molar-refractivity contribution in [1.82, 2.24) is 14.3 Å². The van der Waals surface area contributed by atoms with Crippen LogP contribution >= 0.6 is 0 Å². The summed E-state index contributed by atoms with van der Waals surface area (Å²) in [6.45, 7) is 2.28. The summed E-state index contributed by atoms with van der Waals surface area (Å²) in [6, 6.07) is 16.7. The molecule has 2 N–H and O–H groups in total. The van der Waals surface area contributed by atoms with Crippen molar-refractivity contribution >= 4 is 37.8 Å². The number of pyridine rings is 1. The number of furan rings is 1. The van der Waals surface area contributed by atoms with E-state index in [0.29, 0.717) is 41.4 Å². The van der Waals surface area contributed by atoms with Crippen molar-refractivity contribution < 1.29 is 17.6 Å². The molecule has 0 unspecified atom stereocenters. The number of rotatable bonds is 6. The molecule has 1 aliphatic rings. The van der Waals surface area contributed by atoms with Gasteiger partial charge in [-0.3, -0.25) is 9.59 Å². The number of H-pyrrole nitrogens is 1. The highest BCUT2D eigenvalue weighted by molar-refractivity contribution is 7.91. The van der Waals surface area contributed by atoms with Gasteiger partial charge in [-0.05, 0) is 61.2 Å². The predicted octanol–water partition coefficient (Wildman–Crippen LogP) is 4.32. The second-order valence-corrected chi connectivity index (χ2v) is 11.1. The van der Waals surface area contributed by atoms with Crippen molar-refractivity contribution in [3.63, 3.8) is 0 Å². The molecule has 3 aromatic heterocycles. The summed E-state index contributed by atoms with van der Waals surface area (Å²) in [7, 11) is -3.83. The van der Waals surface area contributed by atoms with Crippen LogP contribution in [0.4, 0.5) is 0 Å². The summed E-state index contributed by atoms with van der Waals surface area (Å²) < 4.78 is 35.4. The standard InChI is InChI=1S/C27H23N3O5S/c1-16-5-2-3-6-18(16)15-30-21-11-8-17-12-14-35-25(17)23(21)22(20-7-4-13-28-26(20)31)24(30)27(32)29-36(33,34)19-9-10-19/h2-8,11-14,19H,9-10,15H2,1H3,(H,28,31)(H,29,32). The van der Waals surface area contributed by atoms with Crippen LogP contribution in [0, 0.1) is 6.92 Å². The third-order valence-corrected chi connectivity index (χ3v) is 8.56. The number of nitrogens with one attached hydrogen (secondary N) is 2. The van der Waals surface area contributed by atoms with Crippen molar-refractivity contribution in [3.8, 4) is 11.1 Å². The molecule has 9 heteroatoms. The zero-order chi connectivity index (χ0) is 25.0. The first-order valence-electron chi connectivity index (χ1n) is 11.7. The number of benzene rings is 2. The molecule has 1 fully saturated rings. The molecule has 0 bridgehead atoms. The lowest BCUT2D eigenvalue weighted by Crippen LogP contribution is -2.35. The number of fused-ring (bicyclic) bond motifs is 3. The number of aromatic nitrogens is 2. The van der Waals surface area contributed by atoms with Crippen LogP contribution in [0.25, 0.3) is 33.0 Å². The molecule has 0 radical (unpaired) electrons. The smallest absolute Gasteiger partial charge is 0.282 e. The molecule has 1 saturated carbocycles. The van der Waals surface area contributed by atoms with Crippen molar-refractivity contribution in [2.24, 2.45) is 0 Å². The maximum Gasteiger partial charge on any atom is 0.282 e. The van der Waals surface area contributed by atoms with Crippen LogP contribution in [0.5, 0.6) is 0 Å². The second-order valence-electron chi connectivity index (χ2n) is 9.12. The van der Waals surface area contributed by atoms with E-state index in [1.807, 2.05) is 49.4 Å². The Morgan fingerprint density at radius 2 is 1.92 bits per heavy atom. The van der Waals surface area contributed by atoms with Gasteiger partial charge in [-0.15, -0.1) is 0 Å². The zero-order valence-corrected chi connectivity index (χ0v) is 20.3. The summed E-state index contributed by atoms with van der Waals surface area (Å²) in [5, 5.41) is 0.814. The Morgan fingerprint density at radius 1 is 1.11 bits per heavy atom. The summed E-state index contributed by atoms with van der Waals surface area (Å²) >= 11 is 0. The van der Waals surface area contributed by atoms with E-state index in [2.05, 4.69) is 9.71 Å². The fraction of sp³-hybridized carbons (Fsp3) is 0.185. The topological polar surface area (TPSA) is 114 Å². The van der Waals surface area contributed by atoms with Crippen molar-refractivity contribution in [2.45, 2.75) is 31.6 Å². The minimum absolute atomic E-state index is 0.0954. The maximum absolute atomic E-state index is 13.8. The SMILES string of the molecule is Cc1ccccc1Cn1c(C(=O)NS(=O)(=O)C2CC2)c(-c2ccc[nH]c2=O)c2c3occc3ccc21. The first-order chi connectivity index (χ1) is 17.3. The predicted molar refractivity (Wildman–Crippen MR) is 137 cm³/mol. The Labute approximate surface area is 206 Å². The molecule has 2 aromatic carbocycles. The monoisotopic (exact) mass is 501 g/mol. The van der Waals surface area contributed by atoms with Crippen LogP contribution in [-0.2, 0) is 16.6 Å². The minimum Gasteiger partial charge on any atom is -0.464 e. The quantitative estimate of drug-likeness (QED) is 0.360. The van der Waals surface area contributed by atoms with E-state index in [1.165, 1.54) is 6.20 Å². The highest BCUT2D eigenvalue weighted by atomic mass is 32.2. The van der Waals surface area contributed by atoms with Crippen LogP contribution in [0.1, 0.15) is 34.5 Å². The average Bonchev–Trinajstić information content (AvgIpc) is 3.53. The summed E-state index contributed by atoms with van der Waals surface area (Å²) in [5.41, 5.74) is 3.46. The number of nitrogens with zero attached hydrogens (tertiary/aromatic N) is 1. The van der Waals surface area contributed by atoms with E-state index in [9.17, 15) is 18.0 Å². The average molecular weight is 502 g/mol. The maximum atomic E-state index is 13.8. The highest BCUT2D eigenvalue weighted by Crippen LogP contribution is 2.39. The number of sulfonamides is 1. The van der Waals surface area contributed by atoms with Crippen LogP contribution < -0.4 is 10.3 Å². The number of hydrogen-bond donors (Lipinski definition) is 2. The van der Waals surface area contributed by atoms with E-state index in [-0.39, 0.29) is 11.3 Å². The van der Waals surface area contributed by atoms with Gasteiger partial charge in [-0.2, -0.15) is 0 Å². The number of hydrogen-bond acceptors (Lipinski definition) is 5.